The third-order valence-corrected chi connectivity index (χ3v) is 5.08. The van der Waals surface area contributed by atoms with Crippen LogP contribution in [0.2, 0.25) is 0 Å². The molecule has 16 heavy (non-hydrogen) atoms. The van der Waals surface area contributed by atoms with Crippen molar-refractivity contribution in [2.24, 2.45) is 0 Å². The Hall–Kier alpha value is -0.130. The first-order valence-corrected chi connectivity index (χ1v) is 7.81. The molecule has 0 atom stereocenters. The van der Waals surface area contributed by atoms with Gasteiger partial charge in [0.05, 0.1) is 5.25 Å². The maximum Gasteiger partial charge on any atom is 0.214 e. The van der Waals surface area contributed by atoms with E-state index in [4.69, 9.17) is 5.11 Å². The fourth-order valence-corrected chi connectivity index (χ4v) is 3.74. The zero-order chi connectivity index (χ0) is 11.9. The average molecular weight is 249 g/mol. The fraction of sp³-hybridized carbons (Fsp3) is 1.00. The van der Waals surface area contributed by atoms with Gasteiger partial charge in [-0.3, -0.25) is 0 Å². The molecule has 0 saturated heterocycles. The normalized spacial score (nSPS) is 18.8. The lowest BCUT2D eigenvalue weighted by molar-refractivity contribution is 0.283. The van der Waals surface area contributed by atoms with E-state index >= 15 is 0 Å². The molecular formula is C11H23NO3S. The number of hydrogen-bond donors (Lipinski definition) is 2. The quantitative estimate of drug-likeness (QED) is 0.670. The van der Waals surface area contributed by atoms with Crippen LogP contribution in [0.3, 0.4) is 0 Å². The van der Waals surface area contributed by atoms with Crippen LogP contribution in [0.1, 0.15) is 51.4 Å². The highest BCUT2D eigenvalue weighted by molar-refractivity contribution is 7.90. The molecule has 1 saturated carbocycles. The Morgan fingerprint density at radius 1 is 1.06 bits per heavy atom. The molecule has 4 nitrogen and oxygen atoms in total. The van der Waals surface area contributed by atoms with Crippen molar-refractivity contribution in [1.29, 1.82) is 0 Å². The Kier molecular flexibility index (Phi) is 6.31. The summed E-state index contributed by atoms with van der Waals surface area (Å²) in [5, 5.41) is 8.42. The topological polar surface area (TPSA) is 66.4 Å². The lowest BCUT2D eigenvalue weighted by atomic mass is 10.0. The summed E-state index contributed by atoms with van der Waals surface area (Å²) < 4.78 is 26.4. The number of unbranched alkanes of at least 4 members (excludes halogenated alkanes) is 2. The van der Waals surface area contributed by atoms with Crippen molar-refractivity contribution >= 4 is 10.0 Å². The summed E-state index contributed by atoms with van der Waals surface area (Å²) in [7, 11) is -3.08. The molecule has 0 aromatic heterocycles. The predicted molar refractivity (Wildman–Crippen MR) is 64.7 cm³/mol. The van der Waals surface area contributed by atoms with Gasteiger partial charge in [-0.15, -0.1) is 0 Å². The number of rotatable bonds is 7. The van der Waals surface area contributed by atoms with Crippen molar-refractivity contribution in [2.45, 2.75) is 56.6 Å². The van der Waals surface area contributed by atoms with Crippen molar-refractivity contribution in [3.05, 3.63) is 0 Å². The van der Waals surface area contributed by atoms with Crippen LogP contribution in [0.5, 0.6) is 0 Å². The van der Waals surface area contributed by atoms with Crippen molar-refractivity contribution in [3.8, 4) is 0 Å². The second-order valence-corrected chi connectivity index (χ2v) is 6.53. The first-order valence-electron chi connectivity index (χ1n) is 6.26. The smallest absolute Gasteiger partial charge is 0.214 e. The summed E-state index contributed by atoms with van der Waals surface area (Å²) in [6, 6.07) is 0. The number of nitrogens with one attached hydrogen (secondary N) is 1. The van der Waals surface area contributed by atoms with E-state index < -0.39 is 10.0 Å². The lowest BCUT2D eigenvalue weighted by Gasteiger charge is -2.21. The van der Waals surface area contributed by atoms with Crippen LogP contribution in [-0.2, 0) is 10.0 Å². The lowest BCUT2D eigenvalue weighted by Crippen LogP contribution is -2.36. The molecule has 1 aliphatic rings. The van der Waals surface area contributed by atoms with Gasteiger partial charge >= 0.3 is 0 Å². The Morgan fingerprint density at radius 2 is 1.75 bits per heavy atom. The highest BCUT2D eigenvalue weighted by atomic mass is 32.2. The molecule has 0 radical (unpaired) electrons. The van der Waals surface area contributed by atoms with E-state index in [0.717, 1.165) is 44.9 Å². The summed E-state index contributed by atoms with van der Waals surface area (Å²) in [4.78, 5) is 0. The molecule has 5 heteroatoms. The van der Waals surface area contributed by atoms with Crippen LogP contribution in [-0.4, -0.2) is 31.9 Å². The summed E-state index contributed by atoms with van der Waals surface area (Å²) >= 11 is 0. The van der Waals surface area contributed by atoms with Gasteiger partial charge in [0.2, 0.25) is 10.0 Å². The molecule has 1 aliphatic carbocycles. The van der Waals surface area contributed by atoms with E-state index in [2.05, 4.69) is 4.72 Å². The Bertz CT molecular complexity index is 271. The van der Waals surface area contributed by atoms with Gasteiger partial charge in [-0.05, 0) is 32.1 Å². The Labute approximate surface area is 98.5 Å². The Morgan fingerprint density at radius 3 is 2.38 bits per heavy atom. The highest BCUT2D eigenvalue weighted by Crippen LogP contribution is 2.22. The van der Waals surface area contributed by atoms with Crippen LogP contribution in [0.15, 0.2) is 0 Å². The minimum absolute atomic E-state index is 0.168. The van der Waals surface area contributed by atoms with Gasteiger partial charge < -0.3 is 5.11 Å². The molecule has 0 aliphatic heterocycles. The van der Waals surface area contributed by atoms with E-state index in [9.17, 15) is 8.42 Å². The number of hydrogen-bond acceptors (Lipinski definition) is 3. The average Bonchev–Trinajstić information content (AvgIpc) is 2.30. The summed E-state index contributed by atoms with van der Waals surface area (Å²) in [5.74, 6) is 0. The SMILES string of the molecule is O=S(=O)(NCCCCCO)C1CCCCC1. The second-order valence-electron chi connectivity index (χ2n) is 4.48. The largest absolute Gasteiger partial charge is 0.396 e. The van der Waals surface area contributed by atoms with Gasteiger partial charge in [-0.2, -0.15) is 0 Å². The maximum absolute atomic E-state index is 11.9. The molecule has 0 aromatic rings. The Balaban J connectivity index is 2.22. The van der Waals surface area contributed by atoms with Crippen LogP contribution in [0.4, 0.5) is 0 Å². The molecule has 1 rings (SSSR count). The third-order valence-electron chi connectivity index (χ3n) is 3.13. The molecule has 0 unspecified atom stereocenters. The van der Waals surface area contributed by atoms with Crippen molar-refractivity contribution in [2.75, 3.05) is 13.2 Å². The molecule has 0 bridgehead atoms. The molecular weight excluding hydrogens is 226 g/mol. The molecule has 96 valence electrons. The van der Waals surface area contributed by atoms with Gasteiger partial charge in [0.25, 0.3) is 0 Å². The van der Waals surface area contributed by atoms with Gasteiger partial charge in [-0.25, -0.2) is 13.1 Å². The van der Waals surface area contributed by atoms with Crippen LogP contribution >= 0.6 is 0 Å². The van der Waals surface area contributed by atoms with Gasteiger partial charge in [0.1, 0.15) is 0 Å². The van der Waals surface area contributed by atoms with Crippen LogP contribution < -0.4 is 4.72 Å². The molecule has 2 N–H and O–H groups in total. The number of aliphatic hydroxyl groups excluding tert-OH is 1. The molecule has 1 fully saturated rings. The monoisotopic (exact) mass is 249 g/mol. The van der Waals surface area contributed by atoms with Crippen molar-refractivity contribution in [1.82, 2.24) is 4.72 Å². The predicted octanol–water partition coefficient (Wildman–Crippen LogP) is 1.40. The standard InChI is InChI=1S/C11H23NO3S/c13-10-6-2-5-9-12-16(14,15)11-7-3-1-4-8-11/h11-13H,1-10H2. The third kappa shape index (κ3) is 4.80. The molecule has 0 aromatic carbocycles. The molecule has 0 heterocycles. The molecule has 0 spiro atoms. The second kappa shape index (κ2) is 7.25. The zero-order valence-corrected chi connectivity index (χ0v) is 10.6. The van der Waals surface area contributed by atoms with Gasteiger partial charge in [0, 0.05) is 13.2 Å². The highest BCUT2D eigenvalue weighted by Gasteiger charge is 2.26. The van der Waals surface area contributed by atoms with Crippen molar-refractivity contribution < 1.29 is 13.5 Å². The van der Waals surface area contributed by atoms with Crippen LogP contribution in [0.25, 0.3) is 0 Å². The number of sulfonamides is 1. The molecule has 0 amide bonds. The van der Waals surface area contributed by atoms with E-state index in [1.165, 1.54) is 6.42 Å². The fourth-order valence-electron chi connectivity index (χ4n) is 2.12. The first-order chi connectivity index (χ1) is 7.67. The summed E-state index contributed by atoms with van der Waals surface area (Å²) in [5.41, 5.74) is 0. The van der Waals surface area contributed by atoms with E-state index in [1.54, 1.807) is 0 Å². The number of aliphatic hydroxyl groups is 1. The minimum atomic E-state index is -3.08. The van der Waals surface area contributed by atoms with E-state index in [-0.39, 0.29) is 11.9 Å². The minimum Gasteiger partial charge on any atom is -0.396 e. The van der Waals surface area contributed by atoms with Gasteiger partial charge in [-0.1, -0.05) is 19.3 Å². The first kappa shape index (κ1) is 13.9. The summed E-state index contributed by atoms with van der Waals surface area (Å²) in [6.45, 7) is 0.703. The summed E-state index contributed by atoms with van der Waals surface area (Å²) in [6.07, 6.45) is 7.31. The van der Waals surface area contributed by atoms with Crippen LogP contribution in [0, 0.1) is 0 Å². The van der Waals surface area contributed by atoms with E-state index in [0.29, 0.717) is 6.54 Å². The van der Waals surface area contributed by atoms with Gasteiger partial charge in [0.15, 0.2) is 0 Å². The maximum atomic E-state index is 11.9. The zero-order valence-electron chi connectivity index (χ0n) is 9.82. The van der Waals surface area contributed by atoms with Crippen molar-refractivity contribution in [3.63, 3.8) is 0 Å². The van der Waals surface area contributed by atoms with E-state index in [1.807, 2.05) is 0 Å².